The highest BCUT2D eigenvalue weighted by Crippen LogP contribution is 2.61. The molecule has 0 spiro atoms. The molecule has 0 saturated heterocycles. The number of aliphatic carboxylic acids is 1. The number of rotatable bonds is 4. The zero-order chi connectivity index (χ0) is 17.5. The van der Waals surface area contributed by atoms with Gasteiger partial charge < -0.3 is 10.2 Å². The van der Waals surface area contributed by atoms with E-state index in [0.717, 1.165) is 37.7 Å². The molecule has 0 radical (unpaired) electrons. The first-order valence-electron chi connectivity index (χ1n) is 8.53. The van der Waals surface area contributed by atoms with Crippen LogP contribution >= 0.6 is 0 Å². The molecule has 2 N–H and O–H groups in total. The third-order valence-corrected chi connectivity index (χ3v) is 6.41. The van der Waals surface area contributed by atoms with Crippen molar-refractivity contribution in [1.82, 2.24) is 0 Å². The predicted octanol–water partition coefficient (Wildman–Crippen LogP) is 4.34. The van der Waals surface area contributed by atoms with E-state index in [1.54, 1.807) is 13.0 Å². The lowest BCUT2D eigenvalue weighted by molar-refractivity contribution is -0.162. The third-order valence-electron chi connectivity index (χ3n) is 6.41. The molecule has 0 aromatic carbocycles. The van der Waals surface area contributed by atoms with Gasteiger partial charge in [0.2, 0.25) is 0 Å². The number of carboxylic acid groups (broad SMARTS) is 1. The fourth-order valence-electron chi connectivity index (χ4n) is 4.86. The molecule has 0 amide bonds. The highest BCUT2D eigenvalue weighted by molar-refractivity contribution is 5.75. The summed E-state index contributed by atoms with van der Waals surface area (Å²) in [7, 11) is 0. The smallest absolute Gasteiger partial charge is 0.309 e. The van der Waals surface area contributed by atoms with Gasteiger partial charge in [-0.2, -0.15) is 0 Å². The molecular formula is C20H30O3. The van der Waals surface area contributed by atoms with Crippen LogP contribution in [0, 0.1) is 22.7 Å². The SMILES string of the molecule is C=CC(C)(O)/C=C/[C@H]1C(=C)CC[C@@H]2[C@]1(C)CCC[C@@]2(C)C(=O)O. The Kier molecular flexibility index (Phi) is 4.64. The van der Waals surface area contributed by atoms with E-state index in [4.69, 9.17) is 0 Å². The average molecular weight is 318 g/mol. The number of hydrogen-bond acceptors (Lipinski definition) is 2. The second-order valence-corrected chi connectivity index (χ2v) is 8.10. The summed E-state index contributed by atoms with van der Waals surface area (Å²) in [5, 5.41) is 20.0. The summed E-state index contributed by atoms with van der Waals surface area (Å²) >= 11 is 0. The Hall–Kier alpha value is -1.35. The second kappa shape index (κ2) is 5.94. The predicted molar refractivity (Wildman–Crippen MR) is 93.0 cm³/mol. The molecule has 0 bridgehead atoms. The molecule has 128 valence electrons. The van der Waals surface area contributed by atoms with Crippen LogP contribution in [-0.4, -0.2) is 21.8 Å². The summed E-state index contributed by atoms with van der Waals surface area (Å²) in [4.78, 5) is 11.9. The zero-order valence-electron chi connectivity index (χ0n) is 14.6. The Labute approximate surface area is 139 Å². The molecule has 0 heterocycles. The van der Waals surface area contributed by atoms with E-state index in [1.807, 2.05) is 13.0 Å². The van der Waals surface area contributed by atoms with E-state index in [-0.39, 0.29) is 17.3 Å². The van der Waals surface area contributed by atoms with Crippen LogP contribution in [0.15, 0.2) is 37.0 Å². The van der Waals surface area contributed by atoms with Crippen molar-refractivity contribution in [3.8, 4) is 0 Å². The molecule has 0 aromatic heterocycles. The molecule has 2 aliphatic carbocycles. The van der Waals surface area contributed by atoms with Gasteiger partial charge in [-0.15, -0.1) is 0 Å². The Morgan fingerprint density at radius 1 is 1.39 bits per heavy atom. The lowest BCUT2D eigenvalue weighted by Gasteiger charge is -2.56. The lowest BCUT2D eigenvalue weighted by atomic mass is 9.47. The van der Waals surface area contributed by atoms with E-state index in [0.29, 0.717) is 0 Å². The van der Waals surface area contributed by atoms with Crippen molar-refractivity contribution in [2.45, 2.75) is 58.5 Å². The summed E-state index contributed by atoms with van der Waals surface area (Å²) in [6, 6.07) is 0. The van der Waals surface area contributed by atoms with Crippen molar-refractivity contribution in [2.75, 3.05) is 0 Å². The van der Waals surface area contributed by atoms with Gasteiger partial charge in [-0.05, 0) is 50.9 Å². The fourth-order valence-corrected chi connectivity index (χ4v) is 4.86. The van der Waals surface area contributed by atoms with E-state index in [9.17, 15) is 15.0 Å². The molecule has 2 saturated carbocycles. The Bertz CT molecular complexity index is 545. The minimum Gasteiger partial charge on any atom is -0.481 e. The highest BCUT2D eigenvalue weighted by Gasteiger charge is 2.57. The topological polar surface area (TPSA) is 57.5 Å². The van der Waals surface area contributed by atoms with Crippen LogP contribution in [0.5, 0.6) is 0 Å². The van der Waals surface area contributed by atoms with Crippen LogP contribution < -0.4 is 0 Å². The van der Waals surface area contributed by atoms with Crippen molar-refractivity contribution in [3.63, 3.8) is 0 Å². The van der Waals surface area contributed by atoms with Gasteiger partial charge in [0.1, 0.15) is 0 Å². The average Bonchev–Trinajstić information content (AvgIpc) is 2.46. The van der Waals surface area contributed by atoms with E-state index >= 15 is 0 Å². The Morgan fingerprint density at radius 3 is 2.61 bits per heavy atom. The van der Waals surface area contributed by atoms with Crippen LogP contribution in [0.3, 0.4) is 0 Å². The number of aliphatic hydroxyl groups is 1. The van der Waals surface area contributed by atoms with Gasteiger partial charge >= 0.3 is 5.97 Å². The third kappa shape index (κ3) is 3.03. The number of fused-ring (bicyclic) bond motifs is 1. The quantitative estimate of drug-likeness (QED) is 0.758. The standard InChI is InChI=1S/C20H30O3/c1-6-18(3,23)13-10-15-14(2)8-9-16-19(15,4)11-7-12-20(16,5)17(21)22/h6,10,13,15-16,23H,1-2,7-9,11-12H2,3-5H3,(H,21,22)/b13-10+/t15-,16+,18?,19+,20+/m0/s1. The van der Waals surface area contributed by atoms with E-state index in [1.165, 1.54) is 6.08 Å². The maximum Gasteiger partial charge on any atom is 0.309 e. The molecular weight excluding hydrogens is 288 g/mol. The van der Waals surface area contributed by atoms with Crippen LogP contribution in [0.1, 0.15) is 52.9 Å². The second-order valence-electron chi connectivity index (χ2n) is 8.10. The molecule has 5 atom stereocenters. The lowest BCUT2D eigenvalue weighted by Crippen LogP contribution is -2.53. The first-order chi connectivity index (χ1) is 10.6. The van der Waals surface area contributed by atoms with Crippen LogP contribution in [0.25, 0.3) is 0 Å². The van der Waals surface area contributed by atoms with Crippen LogP contribution in [0.2, 0.25) is 0 Å². The maximum absolute atomic E-state index is 11.9. The number of hydrogen-bond donors (Lipinski definition) is 2. The molecule has 0 aliphatic heterocycles. The molecule has 2 fully saturated rings. The minimum atomic E-state index is -1.05. The molecule has 2 rings (SSSR count). The van der Waals surface area contributed by atoms with Gasteiger partial charge in [-0.1, -0.05) is 50.3 Å². The van der Waals surface area contributed by atoms with Gasteiger partial charge in [0.25, 0.3) is 0 Å². The fraction of sp³-hybridized carbons (Fsp3) is 0.650. The first kappa shape index (κ1) is 18.0. The molecule has 1 unspecified atom stereocenters. The zero-order valence-corrected chi connectivity index (χ0v) is 14.6. The van der Waals surface area contributed by atoms with Crippen molar-refractivity contribution in [1.29, 1.82) is 0 Å². The normalized spacial score (nSPS) is 40.4. The van der Waals surface area contributed by atoms with Crippen molar-refractivity contribution in [2.24, 2.45) is 22.7 Å². The van der Waals surface area contributed by atoms with E-state index in [2.05, 4.69) is 20.1 Å². The molecule has 23 heavy (non-hydrogen) atoms. The van der Waals surface area contributed by atoms with E-state index < -0.39 is 17.0 Å². The van der Waals surface area contributed by atoms with Crippen LogP contribution in [0.4, 0.5) is 0 Å². The highest BCUT2D eigenvalue weighted by atomic mass is 16.4. The number of allylic oxidation sites excluding steroid dienone is 2. The summed E-state index contributed by atoms with van der Waals surface area (Å²) < 4.78 is 0. The summed E-state index contributed by atoms with van der Waals surface area (Å²) in [5.74, 6) is -0.441. The Balaban J connectivity index is 2.41. The Morgan fingerprint density at radius 2 is 2.04 bits per heavy atom. The minimum absolute atomic E-state index is 0.103. The molecule has 0 aromatic rings. The number of carboxylic acids is 1. The van der Waals surface area contributed by atoms with Crippen molar-refractivity contribution >= 4 is 5.97 Å². The van der Waals surface area contributed by atoms with Gasteiger partial charge in [0.15, 0.2) is 0 Å². The monoisotopic (exact) mass is 318 g/mol. The molecule has 2 aliphatic rings. The van der Waals surface area contributed by atoms with Gasteiger partial charge in [0.05, 0.1) is 11.0 Å². The molecule has 3 heteroatoms. The summed E-state index contributed by atoms with van der Waals surface area (Å²) in [6.07, 6.45) is 9.73. The van der Waals surface area contributed by atoms with Crippen LogP contribution in [-0.2, 0) is 4.79 Å². The van der Waals surface area contributed by atoms with Crippen molar-refractivity contribution in [3.05, 3.63) is 37.0 Å². The van der Waals surface area contributed by atoms with Gasteiger partial charge in [-0.25, -0.2) is 0 Å². The maximum atomic E-state index is 11.9. The number of carbonyl (C=O) groups is 1. The summed E-state index contributed by atoms with van der Waals surface area (Å²) in [5.41, 5.74) is -0.682. The first-order valence-corrected chi connectivity index (χ1v) is 8.53. The van der Waals surface area contributed by atoms with Gasteiger partial charge in [-0.3, -0.25) is 4.79 Å². The largest absolute Gasteiger partial charge is 0.481 e. The summed E-state index contributed by atoms with van der Waals surface area (Å²) in [6.45, 7) is 13.7. The van der Waals surface area contributed by atoms with Crippen molar-refractivity contribution < 1.29 is 15.0 Å². The molecule has 3 nitrogen and oxygen atoms in total. The van der Waals surface area contributed by atoms with Gasteiger partial charge in [0, 0.05) is 5.92 Å².